The molecule has 2 aromatic carbocycles. The quantitative estimate of drug-likeness (QED) is 0.865. The predicted octanol–water partition coefficient (Wildman–Crippen LogP) is 4.58. The summed E-state index contributed by atoms with van der Waals surface area (Å²) in [7, 11) is 0. The van der Waals surface area contributed by atoms with Gasteiger partial charge in [0.15, 0.2) is 0 Å². The van der Waals surface area contributed by atoms with Gasteiger partial charge in [-0.05, 0) is 55.7 Å². The van der Waals surface area contributed by atoms with Crippen molar-refractivity contribution in [2.45, 2.75) is 56.7 Å². The SMILES string of the molecule is CCCN1C2CCC(CC2)[C@H]1C(O)(c1ccccc1)c1ccccc1. The summed E-state index contributed by atoms with van der Waals surface area (Å²) in [6, 6.07) is 21.5. The van der Waals surface area contributed by atoms with E-state index in [1.165, 1.54) is 25.7 Å². The van der Waals surface area contributed by atoms with E-state index in [9.17, 15) is 5.11 Å². The standard InChI is InChI=1S/C23H29NO/c1-2-17-24-21-15-13-18(14-16-21)22(24)23(25,19-9-5-3-6-10-19)20-11-7-4-8-12-20/h3-12,18,21-22,25H,2,13-17H2,1H3/t18?,21?,22-/m0/s1. The molecule has 0 amide bonds. The Morgan fingerprint density at radius 3 is 1.88 bits per heavy atom. The molecule has 0 aromatic heterocycles. The predicted molar refractivity (Wildman–Crippen MR) is 102 cm³/mol. The minimum absolute atomic E-state index is 0.171. The number of hydrogen-bond acceptors (Lipinski definition) is 2. The highest BCUT2D eigenvalue weighted by Crippen LogP contribution is 2.49. The van der Waals surface area contributed by atoms with Gasteiger partial charge in [0.25, 0.3) is 0 Å². The highest BCUT2D eigenvalue weighted by molar-refractivity contribution is 5.39. The molecule has 2 heteroatoms. The Labute approximate surface area is 151 Å². The van der Waals surface area contributed by atoms with E-state index >= 15 is 0 Å². The molecule has 2 nitrogen and oxygen atoms in total. The van der Waals surface area contributed by atoms with Gasteiger partial charge in [-0.25, -0.2) is 0 Å². The lowest BCUT2D eigenvalue weighted by Gasteiger charge is -2.57. The van der Waals surface area contributed by atoms with E-state index in [0.29, 0.717) is 12.0 Å². The lowest BCUT2D eigenvalue weighted by Crippen LogP contribution is -2.63. The van der Waals surface area contributed by atoms with Gasteiger partial charge in [0, 0.05) is 12.1 Å². The van der Waals surface area contributed by atoms with E-state index in [4.69, 9.17) is 0 Å². The van der Waals surface area contributed by atoms with Crippen LogP contribution in [0.1, 0.15) is 50.2 Å². The highest BCUT2D eigenvalue weighted by Gasteiger charge is 2.52. The molecule has 3 aliphatic rings. The average Bonchev–Trinajstić information content (AvgIpc) is 2.70. The Morgan fingerprint density at radius 2 is 1.40 bits per heavy atom. The zero-order chi connectivity index (χ0) is 17.3. The monoisotopic (exact) mass is 335 g/mol. The van der Waals surface area contributed by atoms with Crippen LogP contribution in [0.25, 0.3) is 0 Å². The zero-order valence-electron chi connectivity index (χ0n) is 15.1. The molecule has 2 saturated heterocycles. The van der Waals surface area contributed by atoms with Crippen molar-refractivity contribution >= 4 is 0 Å². The van der Waals surface area contributed by atoms with Crippen molar-refractivity contribution in [2.75, 3.05) is 6.54 Å². The Balaban J connectivity index is 1.85. The number of piperidine rings is 2. The third-order valence-electron chi connectivity index (χ3n) is 6.35. The van der Waals surface area contributed by atoms with Crippen LogP contribution in [0.5, 0.6) is 0 Å². The van der Waals surface area contributed by atoms with Crippen LogP contribution in [0.15, 0.2) is 60.7 Å². The molecule has 2 aliphatic heterocycles. The number of rotatable bonds is 5. The van der Waals surface area contributed by atoms with E-state index in [1.54, 1.807) is 0 Å². The minimum atomic E-state index is -0.943. The summed E-state index contributed by atoms with van der Waals surface area (Å²) in [6.45, 7) is 3.33. The molecule has 1 atom stereocenters. The summed E-state index contributed by atoms with van der Waals surface area (Å²) in [4.78, 5) is 2.64. The summed E-state index contributed by atoms with van der Waals surface area (Å²) in [5.41, 5.74) is 1.11. The van der Waals surface area contributed by atoms with Crippen molar-refractivity contribution < 1.29 is 5.11 Å². The second-order valence-corrected chi connectivity index (χ2v) is 7.75. The van der Waals surface area contributed by atoms with Gasteiger partial charge in [-0.3, -0.25) is 4.90 Å². The van der Waals surface area contributed by atoms with Gasteiger partial charge < -0.3 is 5.11 Å². The van der Waals surface area contributed by atoms with Crippen molar-refractivity contribution in [3.05, 3.63) is 71.8 Å². The smallest absolute Gasteiger partial charge is 0.130 e. The molecule has 0 radical (unpaired) electrons. The maximum absolute atomic E-state index is 12.3. The van der Waals surface area contributed by atoms with Gasteiger partial charge in [0.2, 0.25) is 0 Å². The molecule has 2 bridgehead atoms. The highest BCUT2D eigenvalue weighted by atomic mass is 16.3. The Morgan fingerprint density at radius 1 is 0.880 bits per heavy atom. The van der Waals surface area contributed by atoms with E-state index in [2.05, 4.69) is 60.4 Å². The first kappa shape index (κ1) is 16.8. The number of benzene rings is 2. The van der Waals surface area contributed by atoms with Gasteiger partial charge in [-0.15, -0.1) is 0 Å². The van der Waals surface area contributed by atoms with E-state index < -0.39 is 5.60 Å². The molecule has 2 aromatic rings. The minimum Gasteiger partial charge on any atom is -0.379 e. The first-order valence-electron chi connectivity index (χ1n) is 9.84. The third-order valence-corrected chi connectivity index (χ3v) is 6.35. The van der Waals surface area contributed by atoms with Crippen LogP contribution in [0.3, 0.4) is 0 Å². The van der Waals surface area contributed by atoms with Crippen molar-refractivity contribution in [1.82, 2.24) is 4.90 Å². The maximum Gasteiger partial charge on any atom is 0.130 e. The molecule has 3 fully saturated rings. The van der Waals surface area contributed by atoms with Crippen LogP contribution < -0.4 is 0 Å². The van der Waals surface area contributed by atoms with Crippen LogP contribution >= 0.6 is 0 Å². The first-order valence-corrected chi connectivity index (χ1v) is 9.84. The summed E-state index contributed by atoms with van der Waals surface area (Å²) in [5.74, 6) is 0.571. The molecule has 5 rings (SSSR count). The maximum atomic E-state index is 12.3. The zero-order valence-corrected chi connectivity index (χ0v) is 15.1. The molecule has 0 unspecified atom stereocenters. The second kappa shape index (κ2) is 6.93. The van der Waals surface area contributed by atoms with E-state index in [1.807, 2.05) is 12.1 Å². The van der Waals surface area contributed by atoms with Gasteiger partial charge in [-0.2, -0.15) is 0 Å². The largest absolute Gasteiger partial charge is 0.379 e. The number of nitrogens with zero attached hydrogens (tertiary/aromatic N) is 1. The Kier molecular flexibility index (Phi) is 4.66. The van der Waals surface area contributed by atoms with Crippen LogP contribution in [-0.2, 0) is 5.60 Å². The fourth-order valence-electron chi connectivity index (χ4n) is 5.30. The lowest BCUT2D eigenvalue weighted by molar-refractivity contribution is -0.113. The molecular formula is C23H29NO. The van der Waals surface area contributed by atoms with Crippen LogP contribution in [0.4, 0.5) is 0 Å². The lowest BCUT2D eigenvalue weighted by atomic mass is 9.65. The summed E-state index contributed by atoms with van der Waals surface area (Å²) < 4.78 is 0. The van der Waals surface area contributed by atoms with Gasteiger partial charge >= 0.3 is 0 Å². The van der Waals surface area contributed by atoms with Crippen molar-refractivity contribution in [3.63, 3.8) is 0 Å². The van der Waals surface area contributed by atoms with E-state index in [0.717, 1.165) is 24.1 Å². The molecule has 1 saturated carbocycles. The number of hydrogen-bond donors (Lipinski definition) is 1. The molecule has 25 heavy (non-hydrogen) atoms. The molecule has 132 valence electrons. The van der Waals surface area contributed by atoms with Crippen LogP contribution in [0.2, 0.25) is 0 Å². The molecule has 0 spiro atoms. The fourth-order valence-corrected chi connectivity index (χ4v) is 5.30. The first-order chi connectivity index (χ1) is 12.2. The summed E-state index contributed by atoms with van der Waals surface area (Å²) in [6.07, 6.45) is 6.22. The summed E-state index contributed by atoms with van der Waals surface area (Å²) in [5, 5.41) is 12.3. The van der Waals surface area contributed by atoms with Crippen molar-refractivity contribution in [3.8, 4) is 0 Å². The molecule has 1 aliphatic carbocycles. The number of fused-ring (bicyclic) bond motifs is 3. The normalized spacial score (nSPS) is 26.7. The van der Waals surface area contributed by atoms with Crippen molar-refractivity contribution in [1.29, 1.82) is 0 Å². The Bertz CT molecular complexity index is 636. The third kappa shape index (κ3) is 2.82. The van der Waals surface area contributed by atoms with Crippen LogP contribution in [-0.4, -0.2) is 28.6 Å². The van der Waals surface area contributed by atoms with Crippen molar-refractivity contribution in [2.24, 2.45) is 5.92 Å². The second-order valence-electron chi connectivity index (χ2n) is 7.75. The van der Waals surface area contributed by atoms with Crippen LogP contribution in [0, 0.1) is 5.92 Å². The number of aliphatic hydroxyl groups is 1. The topological polar surface area (TPSA) is 23.5 Å². The molecule has 1 N–H and O–H groups in total. The molecule has 2 heterocycles. The summed E-state index contributed by atoms with van der Waals surface area (Å²) >= 11 is 0. The van der Waals surface area contributed by atoms with Gasteiger partial charge in [-0.1, -0.05) is 67.6 Å². The van der Waals surface area contributed by atoms with Gasteiger partial charge in [0.1, 0.15) is 5.60 Å². The average molecular weight is 335 g/mol. The van der Waals surface area contributed by atoms with Gasteiger partial charge in [0.05, 0.1) is 0 Å². The van der Waals surface area contributed by atoms with E-state index in [-0.39, 0.29) is 6.04 Å². The molecular weight excluding hydrogens is 306 g/mol. The fraction of sp³-hybridized carbons (Fsp3) is 0.478. The Hall–Kier alpha value is -1.64.